The van der Waals surface area contributed by atoms with Crippen molar-refractivity contribution in [2.24, 2.45) is 0 Å². The zero-order valence-corrected chi connectivity index (χ0v) is 25.8. The van der Waals surface area contributed by atoms with Gasteiger partial charge in [-0.2, -0.15) is 0 Å². The number of nitrogens with zero attached hydrogens (tertiary/aromatic N) is 4. The lowest BCUT2D eigenvalue weighted by atomic mass is 9.90. The van der Waals surface area contributed by atoms with Crippen LogP contribution in [0.3, 0.4) is 0 Å². The van der Waals surface area contributed by atoms with Crippen molar-refractivity contribution in [1.82, 2.24) is 30.2 Å². The number of carbonyl (C=O) groups excluding carboxylic acids is 1. The van der Waals surface area contributed by atoms with Gasteiger partial charge in [0.05, 0.1) is 34.5 Å². The Kier molecular flexibility index (Phi) is 9.21. The molecule has 5 aromatic rings. The first kappa shape index (κ1) is 29.8. The van der Waals surface area contributed by atoms with Gasteiger partial charge in [-0.3, -0.25) is 19.7 Å². The third kappa shape index (κ3) is 6.78. The van der Waals surface area contributed by atoms with Gasteiger partial charge in [-0.1, -0.05) is 65.7 Å². The second-order valence-electron chi connectivity index (χ2n) is 10.8. The Labute approximate surface area is 266 Å². The molecule has 0 saturated heterocycles. The molecule has 2 N–H and O–H groups in total. The van der Waals surface area contributed by atoms with Crippen molar-refractivity contribution in [3.05, 3.63) is 129 Å². The number of carbonyl (C=O) groups is 1. The number of halogens is 2. The number of methoxy groups -OCH3 is 1. The fourth-order valence-corrected chi connectivity index (χ4v) is 6.30. The van der Waals surface area contributed by atoms with Gasteiger partial charge in [0.25, 0.3) is 5.91 Å². The summed E-state index contributed by atoms with van der Waals surface area (Å²) in [5.41, 5.74) is 6.76. The summed E-state index contributed by atoms with van der Waals surface area (Å²) in [6.07, 6.45) is 9.78. The molecule has 8 nitrogen and oxygen atoms in total. The average molecular weight is 628 g/mol. The number of H-pyrrole nitrogens is 1. The van der Waals surface area contributed by atoms with E-state index >= 15 is 0 Å². The first-order chi connectivity index (χ1) is 21.5. The zero-order chi connectivity index (χ0) is 30.5. The highest BCUT2D eigenvalue weighted by atomic mass is 35.5. The van der Waals surface area contributed by atoms with Crippen LogP contribution in [0, 0.1) is 0 Å². The molecular formula is C34H32Cl2N6O2. The van der Waals surface area contributed by atoms with E-state index in [-0.39, 0.29) is 27.6 Å². The minimum absolute atomic E-state index is 0.155. The molecule has 10 heteroatoms. The Morgan fingerprint density at radius 1 is 1.00 bits per heavy atom. The van der Waals surface area contributed by atoms with E-state index in [1.54, 1.807) is 7.11 Å². The lowest BCUT2D eigenvalue weighted by molar-refractivity contribution is 0.0951. The fraction of sp³-hybridized carbons (Fsp3) is 0.235. The minimum atomic E-state index is -0.342. The maximum absolute atomic E-state index is 12.8. The SMILES string of the molecule is COc1cccc(-c2ncc(CN(Cc3cccc(CNC(=O)c4c(Cl)cncc4Cl)c3)C3CCCc4cccnc43)[nH]2)c1. The number of amides is 1. The first-order valence-corrected chi connectivity index (χ1v) is 15.2. The molecule has 1 amide bonds. The van der Waals surface area contributed by atoms with Crippen LogP contribution in [-0.2, 0) is 26.1 Å². The Morgan fingerprint density at radius 2 is 1.82 bits per heavy atom. The van der Waals surface area contributed by atoms with Crippen LogP contribution >= 0.6 is 23.2 Å². The van der Waals surface area contributed by atoms with Gasteiger partial charge in [-0.25, -0.2) is 4.98 Å². The molecule has 1 aliphatic carbocycles. The quantitative estimate of drug-likeness (QED) is 0.170. The molecule has 0 bridgehead atoms. The van der Waals surface area contributed by atoms with Crippen molar-refractivity contribution in [2.75, 3.05) is 7.11 Å². The van der Waals surface area contributed by atoms with E-state index in [1.807, 2.05) is 54.9 Å². The van der Waals surface area contributed by atoms with Crippen molar-refractivity contribution < 1.29 is 9.53 Å². The van der Waals surface area contributed by atoms with Crippen molar-refractivity contribution >= 4 is 29.1 Å². The third-order valence-corrected chi connectivity index (χ3v) is 8.43. The topological polar surface area (TPSA) is 96.0 Å². The number of imidazole rings is 1. The minimum Gasteiger partial charge on any atom is -0.497 e. The predicted octanol–water partition coefficient (Wildman–Crippen LogP) is 7.19. The van der Waals surface area contributed by atoms with E-state index in [9.17, 15) is 4.79 Å². The number of ether oxygens (including phenoxy) is 1. The number of aryl methyl sites for hydroxylation is 1. The summed E-state index contributed by atoms with van der Waals surface area (Å²) < 4.78 is 5.41. The average Bonchev–Trinajstić information content (AvgIpc) is 3.52. The lowest BCUT2D eigenvalue weighted by Crippen LogP contribution is -2.31. The largest absolute Gasteiger partial charge is 0.497 e. The number of hydrogen-bond acceptors (Lipinski definition) is 6. The maximum atomic E-state index is 12.8. The molecule has 3 heterocycles. The van der Waals surface area contributed by atoms with Gasteiger partial charge in [0.2, 0.25) is 0 Å². The number of fused-ring (bicyclic) bond motifs is 1. The summed E-state index contributed by atoms with van der Waals surface area (Å²) in [5.74, 6) is 1.24. The lowest BCUT2D eigenvalue weighted by Gasteiger charge is -2.35. The van der Waals surface area contributed by atoms with E-state index in [4.69, 9.17) is 32.9 Å². The Balaban J connectivity index is 1.23. The Hall–Kier alpha value is -4.24. The van der Waals surface area contributed by atoms with Crippen molar-refractivity contribution in [3.63, 3.8) is 0 Å². The summed E-state index contributed by atoms with van der Waals surface area (Å²) >= 11 is 12.4. The number of pyridine rings is 2. The molecule has 0 saturated carbocycles. The summed E-state index contributed by atoms with van der Waals surface area (Å²) in [6, 6.07) is 20.5. The summed E-state index contributed by atoms with van der Waals surface area (Å²) in [5, 5.41) is 3.37. The number of benzene rings is 2. The highest BCUT2D eigenvalue weighted by molar-refractivity contribution is 6.39. The normalized spacial score (nSPS) is 14.3. The second kappa shape index (κ2) is 13.6. The second-order valence-corrected chi connectivity index (χ2v) is 11.6. The van der Waals surface area contributed by atoms with Gasteiger partial charge in [0, 0.05) is 55.7 Å². The van der Waals surface area contributed by atoms with E-state index in [1.165, 1.54) is 18.0 Å². The first-order valence-electron chi connectivity index (χ1n) is 14.5. The number of rotatable bonds is 10. The monoisotopic (exact) mass is 626 g/mol. The molecule has 1 atom stereocenters. The van der Waals surface area contributed by atoms with E-state index in [0.717, 1.165) is 58.9 Å². The molecule has 1 unspecified atom stereocenters. The maximum Gasteiger partial charge on any atom is 0.254 e. The Morgan fingerprint density at radius 3 is 2.66 bits per heavy atom. The van der Waals surface area contributed by atoms with Crippen molar-refractivity contribution in [3.8, 4) is 17.1 Å². The van der Waals surface area contributed by atoms with Crippen LogP contribution in [-0.4, -0.2) is 37.9 Å². The van der Waals surface area contributed by atoms with Crippen molar-refractivity contribution in [1.29, 1.82) is 0 Å². The summed E-state index contributed by atoms with van der Waals surface area (Å²) in [7, 11) is 1.66. The van der Waals surface area contributed by atoms with E-state index in [0.29, 0.717) is 19.6 Å². The number of nitrogens with one attached hydrogen (secondary N) is 2. The smallest absolute Gasteiger partial charge is 0.254 e. The number of aromatic amines is 1. The molecular weight excluding hydrogens is 595 g/mol. The van der Waals surface area contributed by atoms with Crippen LogP contribution in [0.15, 0.2) is 85.5 Å². The highest BCUT2D eigenvalue weighted by Gasteiger charge is 2.28. The standard InChI is InChI=1S/C34H32Cl2N6O2/c1-44-27-11-3-9-25(15-27)33-39-17-26(41-33)21-42(30-12-4-8-24-10-5-13-38-32(24)30)20-23-7-2-6-22(14-23)16-40-34(43)31-28(35)18-37-19-29(31)36/h2-3,5-7,9-11,13-15,17-19,30H,4,8,12,16,20-21H2,1H3,(H,39,41)(H,40,43). The molecule has 3 aromatic heterocycles. The Bertz CT molecular complexity index is 1750. The molecule has 0 aliphatic heterocycles. The molecule has 2 aromatic carbocycles. The molecule has 0 radical (unpaired) electrons. The van der Waals surface area contributed by atoms with Crippen LogP contribution in [0.25, 0.3) is 11.4 Å². The van der Waals surface area contributed by atoms with Crippen LogP contribution in [0.1, 0.15) is 57.3 Å². The molecule has 0 fully saturated rings. The summed E-state index contributed by atoms with van der Waals surface area (Å²) in [6.45, 7) is 1.69. The van der Waals surface area contributed by atoms with Gasteiger partial charge in [0.1, 0.15) is 11.6 Å². The number of aromatic nitrogens is 4. The van der Waals surface area contributed by atoms with Gasteiger partial charge in [0.15, 0.2) is 0 Å². The van der Waals surface area contributed by atoms with Crippen LogP contribution in [0.4, 0.5) is 0 Å². The van der Waals surface area contributed by atoms with Gasteiger partial charge in [-0.15, -0.1) is 0 Å². The van der Waals surface area contributed by atoms with Crippen molar-refractivity contribution in [2.45, 2.75) is 44.9 Å². The van der Waals surface area contributed by atoms with E-state index in [2.05, 4.69) is 43.4 Å². The predicted molar refractivity (Wildman–Crippen MR) is 172 cm³/mol. The van der Waals surface area contributed by atoms with Gasteiger partial charge >= 0.3 is 0 Å². The number of hydrogen-bond donors (Lipinski definition) is 2. The van der Waals surface area contributed by atoms with Crippen LogP contribution in [0.5, 0.6) is 5.75 Å². The summed E-state index contributed by atoms with van der Waals surface area (Å²) in [4.78, 5) is 32.3. The van der Waals surface area contributed by atoms with Crippen LogP contribution < -0.4 is 10.1 Å². The zero-order valence-electron chi connectivity index (χ0n) is 24.3. The highest BCUT2D eigenvalue weighted by Crippen LogP contribution is 2.35. The van der Waals surface area contributed by atoms with Crippen LogP contribution in [0.2, 0.25) is 10.0 Å². The molecule has 44 heavy (non-hydrogen) atoms. The third-order valence-electron chi connectivity index (χ3n) is 7.86. The van der Waals surface area contributed by atoms with E-state index < -0.39 is 0 Å². The van der Waals surface area contributed by atoms with Gasteiger partial charge in [-0.05, 0) is 54.2 Å². The molecule has 1 aliphatic rings. The molecule has 224 valence electrons. The fourth-order valence-electron chi connectivity index (χ4n) is 5.76. The molecule has 6 rings (SSSR count). The molecule has 0 spiro atoms. The van der Waals surface area contributed by atoms with Gasteiger partial charge < -0.3 is 15.0 Å².